The zero-order valence-corrected chi connectivity index (χ0v) is 14.0. The van der Waals surface area contributed by atoms with Gasteiger partial charge in [-0.3, -0.25) is 24.3 Å². The van der Waals surface area contributed by atoms with Gasteiger partial charge in [-0.25, -0.2) is 4.98 Å². The second kappa shape index (κ2) is 7.14. The van der Waals surface area contributed by atoms with Crippen LogP contribution < -0.4 is 10.9 Å². The molecule has 1 heterocycles. The average Bonchev–Trinajstić information content (AvgIpc) is 2.62. The van der Waals surface area contributed by atoms with Crippen molar-refractivity contribution in [2.45, 2.75) is 19.9 Å². The number of hydrogen-bond donors (Lipinski definition) is 1. The fraction of sp³-hybridized carbons (Fsp3) is 0.167. The summed E-state index contributed by atoms with van der Waals surface area (Å²) < 4.78 is 1.38. The molecule has 26 heavy (non-hydrogen) atoms. The largest absolute Gasteiger partial charge is 0.326 e. The van der Waals surface area contributed by atoms with Crippen LogP contribution in [-0.2, 0) is 11.3 Å². The summed E-state index contributed by atoms with van der Waals surface area (Å²) in [4.78, 5) is 39.1. The third-order valence-corrected chi connectivity index (χ3v) is 3.98. The number of hydrogen-bond acceptors (Lipinski definition) is 5. The van der Waals surface area contributed by atoms with Crippen molar-refractivity contribution in [1.82, 2.24) is 9.55 Å². The number of carbonyl (C=O) groups excluding carboxylic acids is 1. The Balaban J connectivity index is 1.71. The number of benzene rings is 2. The SMILES string of the molecule is Cc1cccc2c(=O)n(CCC(=O)Nc3cccc([N+](=O)[O-])c3)cnc12. The third kappa shape index (κ3) is 3.59. The van der Waals surface area contributed by atoms with Gasteiger partial charge in [0.15, 0.2) is 0 Å². The lowest BCUT2D eigenvalue weighted by molar-refractivity contribution is -0.384. The van der Waals surface area contributed by atoms with Gasteiger partial charge in [-0.1, -0.05) is 18.2 Å². The van der Waals surface area contributed by atoms with Crippen LogP contribution >= 0.6 is 0 Å². The maximum absolute atomic E-state index is 12.5. The van der Waals surface area contributed by atoms with Gasteiger partial charge in [0, 0.05) is 30.8 Å². The summed E-state index contributed by atoms with van der Waals surface area (Å²) in [5.41, 5.74) is 1.59. The number of amides is 1. The van der Waals surface area contributed by atoms with Crippen molar-refractivity contribution in [3.05, 3.63) is 74.8 Å². The first-order chi connectivity index (χ1) is 12.5. The predicted octanol–water partition coefficient (Wildman–Crippen LogP) is 2.64. The number of nitrogens with one attached hydrogen (secondary N) is 1. The molecule has 0 saturated heterocycles. The van der Waals surface area contributed by atoms with Crippen molar-refractivity contribution in [1.29, 1.82) is 0 Å². The maximum Gasteiger partial charge on any atom is 0.271 e. The minimum absolute atomic E-state index is 0.0433. The van der Waals surface area contributed by atoms with Gasteiger partial charge in [0.05, 0.1) is 22.2 Å². The summed E-state index contributed by atoms with van der Waals surface area (Å²) in [6, 6.07) is 11.1. The van der Waals surface area contributed by atoms with E-state index in [9.17, 15) is 19.7 Å². The standard InChI is InChI=1S/C18H16N4O4/c1-12-4-2-7-15-17(12)19-11-21(18(15)24)9-8-16(23)20-13-5-3-6-14(10-13)22(25)26/h2-7,10-11H,8-9H2,1H3,(H,20,23). The average molecular weight is 352 g/mol. The highest BCUT2D eigenvalue weighted by atomic mass is 16.6. The monoisotopic (exact) mass is 352 g/mol. The van der Waals surface area contributed by atoms with Crippen LogP contribution in [0, 0.1) is 17.0 Å². The van der Waals surface area contributed by atoms with E-state index in [0.29, 0.717) is 16.6 Å². The van der Waals surface area contributed by atoms with Crippen LogP contribution in [0.3, 0.4) is 0 Å². The molecule has 1 aromatic heterocycles. The number of rotatable bonds is 5. The van der Waals surface area contributed by atoms with Gasteiger partial charge >= 0.3 is 0 Å². The molecule has 0 fully saturated rings. The molecule has 1 amide bonds. The minimum Gasteiger partial charge on any atom is -0.326 e. The summed E-state index contributed by atoms with van der Waals surface area (Å²) >= 11 is 0. The van der Waals surface area contributed by atoms with Crippen LogP contribution in [0.15, 0.2) is 53.6 Å². The minimum atomic E-state index is -0.530. The second-order valence-corrected chi connectivity index (χ2v) is 5.82. The van der Waals surface area contributed by atoms with E-state index in [1.807, 2.05) is 13.0 Å². The van der Waals surface area contributed by atoms with E-state index in [2.05, 4.69) is 10.3 Å². The summed E-state index contributed by atoms with van der Waals surface area (Å²) in [7, 11) is 0. The number of nitrogens with zero attached hydrogens (tertiary/aromatic N) is 3. The molecule has 0 spiro atoms. The Hall–Kier alpha value is -3.55. The first-order valence-corrected chi connectivity index (χ1v) is 7.95. The molecule has 8 nitrogen and oxygen atoms in total. The van der Waals surface area contributed by atoms with Crippen molar-refractivity contribution in [3.8, 4) is 0 Å². The first kappa shape index (κ1) is 17.3. The molecule has 1 N–H and O–H groups in total. The van der Waals surface area contributed by atoms with Crippen molar-refractivity contribution in [2.75, 3.05) is 5.32 Å². The molecule has 0 saturated carbocycles. The number of aromatic nitrogens is 2. The predicted molar refractivity (Wildman–Crippen MR) is 97.1 cm³/mol. The van der Waals surface area contributed by atoms with Crippen molar-refractivity contribution >= 4 is 28.2 Å². The molecule has 0 aliphatic heterocycles. The molecule has 8 heteroatoms. The number of aryl methyl sites for hydroxylation is 2. The Morgan fingerprint density at radius 1 is 1.27 bits per heavy atom. The number of para-hydroxylation sites is 1. The number of nitro groups is 1. The van der Waals surface area contributed by atoms with Gasteiger partial charge in [0.2, 0.25) is 5.91 Å². The number of fused-ring (bicyclic) bond motifs is 1. The lowest BCUT2D eigenvalue weighted by atomic mass is 10.1. The Bertz CT molecular complexity index is 1060. The highest BCUT2D eigenvalue weighted by Crippen LogP contribution is 2.17. The first-order valence-electron chi connectivity index (χ1n) is 7.95. The van der Waals surface area contributed by atoms with E-state index in [4.69, 9.17) is 0 Å². The van der Waals surface area contributed by atoms with Crippen molar-refractivity contribution in [3.63, 3.8) is 0 Å². The lowest BCUT2D eigenvalue weighted by Crippen LogP contribution is -2.23. The quantitative estimate of drug-likeness (QED) is 0.561. The fourth-order valence-corrected chi connectivity index (χ4v) is 2.64. The molecule has 3 rings (SSSR count). The Morgan fingerprint density at radius 3 is 2.81 bits per heavy atom. The van der Waals surface area contributed by atoms with E-state index in [1.165, 1.54) is 29.1 Å². The van der Waals surface area contributed by atoms with Crippen molar-refractivity contribution in [2.24, 2.45) is 0 Å². The van der Waals surface area contributed by atoms with Gasteiger partial charge in [-0.2, -0.15) is 0 Å². The van der Waals surface area contributed by atoms with Gasteiger partial charge in [0.25, 0.3) is 11.2 Å². The zero-order chi connectivity index (χ0) is 18.7. The van der Waals surface area contributed by atoms with E-state index in [0.717, 1.165) is 5.56 Å². The molecule has 0 atom stereocenters. The normalized spacial score (nSPS) is 10.7. The van der Waals surface area contributed by atoms with E-state index in [1.54, 1.807) is 18.2 Å². The summed E-state index contributed by atoms with van der Waals surface area (Å²) in [6.45, 7) is 2.04. The van der Waals surface area contributed by atoms with Gasteiger partial charge in [0.1, 0.15) is 0 Å². The highest BCUT2D eigenvalue weighted by Gasteiger charge is 2.10. The van der Waals surface area contributed by atoms with Crippen LogP contribution in [0.1, 0.15) is 12.0 Å². The van der Waals surface area contributed by atoms with E-state index in [-0.39, 0.29) is 30.1 Å². The van der Waals surface area contributed by atoms with Crippen molar-refractivity contribution < 1.29 is 9.72 Å². The molecule has 0 bridgehead atoms. The molecule has 132 valence electrons. The maximum atomic E-state index is 12.5. The summed E-state index contributed by atoms with van der Waals surface area (Å²) in [5, 5.41) is 13.9. The van der Waals surface area contributed by atoms with Crippen LogP contribution in [-0.4, -0.2) is 20.4 Å². The number of carbonyl (C=O) groups is 1. The van der Waals surface area contributed by atoms with E-state index >= 15 is 0 Å². The zero-order valence-electron chi connectivity index (χ0n) is 14.0. The number of anilines is 1. The molecule has 0 radical (unpaired) electrons. The Labute approximate surface area is 148 Å². The Kier molecular flexibility index (Phi) is 4.74. The molecule has 0 aliphatic rings. The fourth-order valence-electron chi connectivity index (χ4n) is 2.64. The van der Waals surface area contributed by atoms with Crippen LogP contribution in [0.25, 0.3) is 10.9 Å². The van der Waals surface area contributed by atoms with Gasteiger partial charge < -0.3 is 5.32 Å². The van der Waals surface area contributed by atoms with Gasteiger partial charge in [-0.15, -0.1) is 0 Å². The number of non-ortho nitro benzene ring substituents is 1. The molecule has 3 aromatic rings. The van der Waals surface area contributed by atoms with E-state index < -0.39 is 4.92 Å². The second-order valence-electron chi connectivity index (χ2n) is 5.82. The topological polar surface area (TPSA) is 107 Å². The smallest absolute Gasteiger partial charge is 0.271 e. The molecule has 0 aliphatic carbocycles. The summed E-state index contributed by atoms with van der Waals surface area (Å²) in [6.07, 6.45) is 1.47. The molecule has 0 unspecified atom stereocenters. The molecule has 2 aromatic carbocycles. The lowest BCUT2D eigenvalue weighted by Gasteiger charge is -2.08. The van der Waals surface area contributed by atoms with Crippen LogP contribution in [0.2, 0.25) is 0 Å². The Morgan fingerprint density at radius 2 is 2.04 bits per heavy atom. The van der Waals surface area contributed by atoms with Crippen LogP contribution in [0.4, 0.5) is 11.4 Å². The highest BCUT2D eigenvalue weighted by molar-refractivity contribution is 5.91. The number of nitro benzene ring substituents is 1. The van der Waals surface area contributed by atoms with Gasteiger partial charge in [-0.05, 0) is 24.6 Å². The molecular weight excluding hydrogens is 336 g/mol. The third-order valence-electron chi connectivity index (χ3n) is 3.98. The molecular formula is C18H16N4O4. The summed E-state index contributed by atoms with van der Waals surface area (Å²) in [5.74, 6) is -0.346. The van der Waals surface area contributed by atoms with Crippen LogP contribution in [0.5, 0.6) is 0 Å².